The van der Waals surface area contributed by atoms with Crippen LogP contribution < -0.4 is 5.32 Å². The zero-order valence-corrected chi connectivity index (χ0v) is 12.5. The molecule has 106 valence electrons. The molecule has 1 saturated heterocycles. The standard InChI is InChI=1S/C16H31NO/c1-12-10-16(11-13(2)18-12)17-14(3)15-8-6-4-5-7-9-15/h12-17H,4-11H2,1-3H3/t12?,13?,14-,16?/m1/s1. The molecule has 0 amide bonds. The third-order valence-electron chi connectivity index (χ3n) is 4.80. The van der Waals surface area contributed by atoms with Gasteiger partial charge in [0.15, 0.2) is 0 Å². The molecule has 0 radical (unpaired) electrons. The van der Waals surface area contributed by atoms with Crippen LogP contribution in [0.25, 0.3) is 0 Å². The highest BCUT2D eigenvalue weighted by molar-refractivity contribution is 4.83. The number of hydrogen-bond donors (Lipinski definition) is 1. The summed E-state index contributed by atoms with van der Waals surface area (Å²) in [5.41, 5.74) is 0. The molecule has 2 unspecified atom stereocenters. The van der Waals surface area contributed by atoms with Crippen LogP contribution in [0.15, 0.2) is 0 Å². The van der Waals surface area contributed by atoms with Gasteiger partial charge in [0.05, 0.1) is 12.2 Å². The number of hydrogen-bond acceptors (Lipinski definition) is 2. The minimum absolute atomic E-state index is 0.424. The zero-order valence-electron chi connectivity index (χ0n) is 12.5. The lowest BCUT2D eigenvalue weighted by Gasteiger charge is -2.36. The first-order valence-electron chi connectivity index (χ1n) is 8.06. The lowest BCUT2D eigenvalue weighted by molar-refractivity contribution is -0.0443. The van der Waals surface area contributed by atoms with Crippen molar-refractivity contribution in [2.24, 2.45) is 5.92 Å². The van der Waals surface area contributed by atoms with Crippen molar-refractivity contribution in [3.63, 3.8) is 0 Å². The number of rotatable bonds is 3. The van der Waals surface area contributed by atoms with Gasteiger partial charge in [-0.25, -0.2) is 0 Å². The van der Waals surface area contributed by atoms with Gasteiger partial charge in [-0.05, 0) is 52.4 Å². The van der Waals surface area contributed by atoms with Gasteiger partial charge < -0.3 is 10.1 Å². The van der Waals surface area contributed by atoms with Gasteiger partial charge in [-0.1, -0.05) is 25.7 Å². The third-order valence-corrected chi connectivity index (χ3v) is 4.80. The van der Waals surface area contributed by atoms with E-state index < -0.39 is 0 Å². The molecule has 0 spiro atoms. The van der Waals surface area contributed by atoms with Gasteiger partial charge in [0.2, 0.25) is 0 Å². The zero-order chi connectivity index (χ0) is 13.0. The van der Waals surface area contributed by atoms with E-state index in [9.17, 15) is 0 Å². The van der Waals surface area contributed by atoms with Gasteiger partial charge in [-0.15, -0.1) is 0 Å². The van der Waals surface area contributed by atoms with Crippen LogP contribution in [0.2, 0.25) is 0 Å². The maximum absolute atomic E-state index is 5.82. The third kappa shape index (κ3) is 4.24. The van der Waals surface area contributed by atoms with Crippen LogP contribution in [0.1, 0.15) is 72.1 Å². The molecule has 0 aromatic carbocycles. The second-order valence-electron chi connectivity index (χ2n) is 6.63. The Labute approximate surface area is 113 Å². The van der Waals surface area contributed by atoms with Gasteiger partial charge in [-0.3, -0.25) is 0 Å². The first-order valence-corrected chi connectivity index (χ1v) is 8.06. The smallest absolute Gasteiger partial charge is 0.0565 e. The van der Waals surface area contributed by atoms with Gasteiger partial charge >= 0.3 is 0 Å². The first-order chi connectivity index (χ1) is 8.65. The topological polar surface area (TPSA) is 21.3 Å². The van der Waals surface area contributed by atoms with E-state index in [1.807, 2.05) is 0 Å². The van der Waals surface area contributed by atoms with E-state index in [-0.39, 0.29) is 0 Å². The maximum Gasteiger partial charge on any atom is 0.0565 e. The second-order valence-corrected chi connectivity index (χ2v) is 6.63. The van der Waals surface area contributed by atoms with E-state index in [2.05, 4.69) is 26.1 Å². The Balaban J connectivity index is 1.80. The van der Waals surface area contributed by atoms with Crippen molar-refractivity contribution >= 4 is 0 Å². The Bertz CT molecular complexity index is 225. The molecular formula is C16H31NO. The van der Waals surface area contributed by atoms with Crippen molar-refractivity contribution in [3.05, 3.63) is 0 Å². The highest BCUT2D eigenvalue weighted by Gasteiger charge is 2.27. The fourth-order valence-corrected chi connectivity index (χ4v) is 3.86. The largest absolute Gasteiger partial charge is 0.375 e. The summed E-state index contributed by atoms with van der Waals surface area (Å²) in [4.78, 5) is 0. The molecule has 2 aliphatic rings. The summed E-state index contributed by atoms with van der Waals surface area (Å²) in [6.07, 6.45) is 11.9. The summed E-state index contributed by atoms with van der Waals surface area (Å²) >= 11 is 0. The molecule has 1 aliphatic heterocycles. The molecule has 1 heterocycles. The van der Waals surface area contributed by atoms with Crippen LogP contribution in [0, 0.1) is 5.92 Å². The average Bonchev–Trinajstić information content (AvgIpc) is 2.55. The predicted octanol–water partition coefficient (Wildman–Crippen LogP) is 3.89. The lowest BCUT2D eigenvalue weighted by atomic mass is 9.91. The molecular weight excluding hydrogens is 222 g/mol. The quantitative estimate of drug-likeness (QED) is 0.770. The van der Waals surface area contributed by atoms with Crippen molar-refractivity contribution in [3.8, 4) is 0 Å². The van der Waals surface area contributed by atoms with Crippen LogP contribution >= 0.6 is 0 Å². The highest BCUT2D eigenvalue weighted by Crippen LogP contribution is 2.27. The van der Waals surface area contributed by atoms with Crippen molar-refractivity contribution in [2.45, 2.75) is 96.4 Å². The minimum Gasteiger partial charge on any atom is -0.375 e. The fraction of sp³-hybridized carbons (Fsp3) is 1.00. The molecule has 3 atom stereocenters. The van der Waals surface area contributed by atoms with Gasteiger partial charge in [0.25, 0.3) is 0 Å². The number of ether oxygens (including phenoxy) is 1. The SMILES string of the molecule is CC1CC(N[C@H](C)C2CCCCCC2)CC(C)O1. The average molecular weight is 253 g/mol. The van der Waals surface area contributed by atoms with Crippen molar-refractivity contribution < 1.29 is 4.74 Å². The van der Waals surface area contributed by atoms with Crippen LogP contribution in [0.4, 0.5) is 0 Å². The summed E-state index contributed by atoms with van der Waals surface area (Å²) in [5.74, 6) is 0.904. The lowest BCUT2D eigenvalue weighted by Crippen LogP contribution is -2.47. The normalized spacial score (nSPS) is 37.2. The Morgan fingerprint density at radius 3 is 2.06 bits per heavy atom. The highest BCUT2D eigenvalue weighted by atomic mass is 16.5. The summed E-state index contributed by atoms with van der Waals surface area (Å²) in [5, 5.41) is 3.90. The summed E-state index contributed by atoms with van der Waals surface area (Å²) in [7, 11) is 0. The molecule has 1 N–H and O–H groups in total. The molecule has 18 heavy (non-hydrogen) atoms. The van der Waals surface area contributed by atoms with E-state index in [1.54, 1.807) is 0 Å². The Morgan fingerprint density at radius 1 is 0.944 bits per heavy atom. The van der Waals surface area contributed by atoms with Crippen molar-refractivity contribution in [2.75, 3.05) is 0 Å². The maximum atomic E-state index is 5.82. The van der Waals surface area contributed by atoms with Crippen LogP contribution in [-0.4, -0.2) is 24.3 Å². The summed E-state index contributed by atoms with van der Waals surface area (Å²) < 4.78 is 5.82. The fourth-order valence-electron chi connectivity index (χ4n) is 3.86. The molecule has 2 fully saturated rings. The van der Waals surface area contributed by atoms with E-state index in [4.69, 9.17) is 4.74 Å². The summed E-state index contributed by atoms with van der Waals surface area (Å²) in [6.45, 7) is 6.82. The molecule has 1 aliphatic carbocycles. The van der Waals surface area contributed by atoms with E-state index in [1.165, 1.54) is 51.4 Å². The van der Waals surface area contributed by atoms with Gasteiger partial charge in [-0.2, -0.15) is 0 Å². The van der Waals surface area contributed by atoms with Crippen molar-refractivity contribution in [1.29, 1.82) is 0 Å². The molecule has 0 aromatic rings. The monoisotopic (exact) mass is 253 g/mol. The Morgan fingerprint density at radius 2 is 1.50 bits per heavy atom. The Hall–Kier alpha value is -0.0800. The van der Waals surface area contributed by atoms with E-state index in [0.717, 1.165) is 5.92 Å². The predicted molar refractivity (Wildman–Crippen MR) is 76.8 cm³/mol. The van der Waals surface area contributed by atoms with Gasteiger partial charge in [0, 0.05) is 12.1 Å². The molecule has 0 aromatic heterocycles. The summed E-state index contributed by atoms with van der Waals surface area (Å²) in [6, 6.07) is 1.35. The molecule has 2 heteroatoms. The van der Waals surface area contributed by atoms with Crippen LogP contribution in [0.3, 0.4) is 0 Å². The Kier molecular flexibility index (Phi) is 5.50. The minimum atomic E-state index is 0.424. The van der Waals surface area contributed by atoms with Crippen LogP contribution in [-0.2, 0) is 4.74 Å². The molecule has 2 rings (SSSR count). The van der Waals surface area contributed by atoms with E-state index >= 15 is 0 Å². The van der Waals surface area contributed by atoms with Gasteiger partial charge in [0.1, 0.15) is 0 Å². The molecule has 1 saturated carbocycles. The van der Waals surface area contributed by atoms with Crippen molar-refractivity contribution in [1.82, 2.24) is 5.32 Å². The van der Waals surface area contributed by atoms with Crippen LogP contribution in [0.5, 0.6) is 0 Å². The molecule has 2 nitrogen and oxygen atoms in total. The van der Waals surface area contributed by atoms with E-state index in [0.29, 0.717) is 24.3 Å². The number of nitrogens with one attached hydrogen (secondary N) is 1. The second kappa shape index (κ2) is 6.91. The molecule has 0 bridgehead atoms. The first kappa shape index (κ1) is 14.3.